The molecule has 0 aliphatic rings. The molecule has 1 heterocycles. The van der Waals surface area contributed by atoms with Crippen LogP contribution in [0.15, 0.2) is 12.3 Å². The molecule has 0 aliphatic heterocycles. The van der Waals surface area contributed by atoms with Crippen molar-refractivity contribution in [3.8, 4) is 0 Å². The second-order valence-corrected chi connectivity index (χ2v) is 6.51. The number of halogens is 1. The Hall–Kier alpha value is -1.16. The van der Waals surface area contributed by atoms with E-state index >= 15 is 0 Å². The van der Waals surface area contributed by atoms with E-state index in [1.165, 1.54) is 6.20 Å². The van der Waals surface area contributed by atoms with Crippen LogP contribution in [0.5, 0.6) is 0 Å². The van der Waals surface area contributed by atoms with Gasteiger partial charge in [-0.15, -0.1) is 0 Å². The maximum absolute atomic E-state index is 13.5. The summed E-state index contributed by atoms with van der Waals surface area (Å²) in [6, 6.07) is 1.61. The molecule has 0 aromatic carbocycles. The molecule has 1 aromatic heterocycles. The fourth-order valence-corrected chi connectivity index (χ4v) is 2.42. The Morgan fingerprint density at radius 3 is 2.33 bits per heavy atom. The standard InChI is InChI=1S/C17H30FN3/c1-6-7-19-9-15-8-16(18)10-20-17(15)21(11-13(2)3)12-14(4)5/h8,10,13-14,19H,6-7,9,11-12H2,1-5H3. The molecule has 0 spiro atoms. The molecule has 0 amide bonds. The third-order valence-electron chi connectivity index (χ3n) is 3.12. The first kappa shape index (κ1) is 17.9. The van der Waals surface area contributed by atoms with Gasteiger partial charge in [0.15, 0.2) is 0 Å². The van der Waals surface area contributed by atoms with E-state index in [9.17, 15) is 4.39 Å². The smallest absolute Gasteiger partial charge is 0.141 e. The van der Waals surface area contributed by atoms with Gasteiger partial charge in [0, 0.05) is 25.2 Å². The van der Waals surface area contributed by atoms with E-state index in [0.717, 1.165) is 37.4 Å². The number of anilines is 1. The second kappa shape index (κ2) is 8.98. The monoisotopic (exact) mass is 295 g/mol. The first-order valence-electron chi connectivity index (χ1n) is 8.04. The van der Waals surface area contributed by atoms with Crippen LogP contribution in [0.1, 0.15) is 46.6 Å². The number of pyridine rings is 1. The van der Waals surface area contributed by atoms with Gasteiger partial charge < -0.3 is 10.2 Å². The summed E-state index contributed by atoms with van der Waals surface area (Å²) in [7, 11) is 0. The molecule has 0 bridgehead atoms. The molecule has 120 valence electrons. The average molecular weight is 295 g/mol. The maximum atomic E-state index is 13.5. The molecule has 0 aliphatic carbocycles. The Morgan fingerprint density at radius 1 is 1.19 bits per heavy atom. The summed E-state index contributed by atoms with van der Waals surface area (Å²) in [5.74, 6) is 1.75. The third-order valence-corrected chi connectivity index (χ3v) is 3.12. The van der Waals surface area contributed by atoms with Crippen molar-refractivity contribution in [1.29, 1.82) is 0 Å². The van der Waals surface area contributed by atoms with Gasteiger partial charge in [0.1, 0.15) is 11.6 Å². The minimum absolute atomic E-state index is 0.263. The van der Waals surface area contributed by atoms with Crippen molar-refractivity contribution in [2.45, 2.75) is 47.6 Å². The molecular formula is C17H30FN3. The van der Waals surface area contributed by atoms with Gasteiger partial charge in [-0.2, -0.15) is 0 Å². The maximum Gasteiger partial charge on any atom is 0.141 e. The molecule has 1 aromatic rings. The van der Waals surface area contributed by atoms with Crippen LogP contribution in [0, 0.1) is 17.7 Å². The summed E-state index contributed by atoms with van der Waals surface area (Å²) >= 11 is 0. The van der Waals surface area contributed by atoms with E-state index in [4.69, 9.17) is 0 Å². The van der Waals surface area contributed by atoms with Gasteiger partial charge in [-0.25, -0.2) is 9.37 Å². The molecule has 3 nitrogen and oxygen atoms in total. The van der Waals surface area contributed by atoms with E-state index in [1.54, 1.807) is 6.07 Å². The number of rotatable bonds is 9. The number of hydrogen-bond donors (Lipinski definition) is 1. The van der Waals surface area contributed by atoms with E-state index in [1.807, 2.05) is 0 Å². The van der Waals surface area contributed by atoms with Gasteiger partial charge in [0.05, 0.1) is 6.20 Å². The van der Waals surface area contributed by atoms with Crippen molar-refractivity contribution < 1.29 is 4.39 Å². The Balaban J connectivity index is 2.98. The average Bonchev–Trinajstić information content (AvgIpc) is 2.37. The van der Waals surface area contributed by atoms with Crippen LogP contribution in [0.25, 0.3) is 0 Å². The minimum atomic E-state index is -0.263. The predicted octanol–water partition coefficient (Wildman–Crippen LogP) is 3.84. The zero-order valence-electron chi connectivity index (χ0n) is 14.1. The van der Waals surface area contributed by atoms with Gasteiger partial charge in [0.2, 0.25) is 0 Å². The van der Waals surface area contributed by atoms with Crippen molar-refractivity contribution in [2.24, 2.45) is 11.8 Å². The number of aromatic nitrogens is 1. The molecule has 1 rings (SSSR count). The third kappa shape index (κ3) is 6.42. The highest BCUT2D eigenvalue weighted by atomic mass is 19.1. The molecule has 0 radical (unpaired) electrons. The summed E-state index contributed by atoms with van der Waals surface area (Å²) in [5.41, 5.74) is 0.949. The Kier molecular flexibility index (Phi) is 7.65. The van der Waals surface area contributed by atoms with E-state index in [-0.39, 0.29) is 5.82 Å². The van der Waals surface area contributed by atoms with Crippen molar-refractivity contribution in [3.05, 3.63) is 23.6 Å². The largest absolute Gasteiger partial charge is 0.356 e. The Morgan fingerprint density at radius 2 is 1.81 bits per heavy atom. The number of hydrogen-bond acceptors (Lipinski definition) is 3. The lowest BCUT2D eigenvalue weighted by atomic mass is 10.1. The second-order valence-electron chi connectivity index (χ2n) is 6.51. The van der Waals surface area contributed by atoms with Crippen molar-refractivity contribution >= 4 is 5.82 Å². The van der Waals surface area contributed by atoms with Gasteiger partial charge >= 0.3 is 0 Å². The van der Waals surface area contributed by atoms with Crippen LogP contribution in [-0.4, -0.2) is 24.6 Å². The molecule has 21 heavy (non-hydrogen) atoms. The Labute approximate surface area is 129 Å². The van der Waals surface area contributed by atoms with E-state index < -0.39 is 0 Å². The zero-order chi connectivity index (χ0) is 15.8. The number of nitrogens with zero attached hydrogens (tertiary/aromatic N) is 2. The van der Waals surface area contributed by atoms with Crippen LogP contribution in [0.3, 0.4) is 0 Å². The van der Waals surface area contributed by atoms with Crippen LogP contribution in [0.4, 0.5) is 10.2 Å². The van der Waals surface area contributed by atoms with Crippen LogP contribution < -0.4 is 10.2 Å². The van der Waals surface area contributed by atoms with Crippen molar-refractivity contribution in [1.82, 2.24) is 10.3 Å². The molecule has 0 fully saturated rings. The quantitative estimate of drug-likeness (QED) is 0.702. The summed E-state index contributed by atoms with van der Waals surface area (Å²) in [6.45, 7) is 14.4. The predicted molar refractivity (Wildman–Crippen MR) is 88.1 cm³/mol. The normalized spacial score (nSPS) is 11.4. The van der Waals surface area contributed by atoms with Gasteiger partial charge in [-0.05, 0) is 30.9 Å². The summed E-state index contributed by atoms with van der Waals surface area (Å²) in [6.07, 6.45) is 2.39. The van der Waals surface area contributed by atoms with Crippen LogP contribution in [-0.2, 0) is 6.54 Å². The summed E-state index contributed by atoms with van der Waals surface area (Å²) in [5, 5.41) is 3.35. The van der Waals surface area contributed by atoms with Gasteiger partial charge in [-0.1, -0.05) is 34.6 Å². The van der Waals surface area contributed by atoms with Gasteiger partial charge in [-0.3, -0.25) is 0 Å². The molecule has 0 atom stereocenters. The SMILES string of the molecule is CCCNCc1cc(F)cnc1N(CC(C)C)CC(C)C. The lowest BCUT2D eigenvalue weighted by Gasteiger charge is -2.29. The molecule has 1 N–H and O–H groups in total. The molecule has 0 saturated heterocycles. The van der Waals surface area contributed by atoms with Gasteiger partial charge in [0.25, 0.3) is 0 Å². The first-order valence-corrected chi connectivity index (χ1v) is 8.04. The highest BCUT2D eigenvalue weighted by Gasteiger charge is 2.16. The lowest BCUT2D eigenvalue weighted by Crippen LogP contribution is -2.33. The fraction of sp³-hybridized carbons (Fsp3) is 0.706. The first-order chi connectivity index (χ1) is 9.93. The van der Waals surface area contributed by atoms with Crippen LogP contribution in [0.2, 0.25) is 0 Å². The van der Waals surface area contributed by atoms with E-state index in [0.29, 0.717) is 18.4 Å². The molecular weight excluding hydrogens is 265 g/mol. The summed E-state index contributed by atoms with van der Waals surface area (Å²) in [4.78, 5) is 6.66. The number of nitrogens with one attached hydrogen (secondary N) is 1. The fourth-order valence-electron chi connectivity index (χ4n) is 2.42. The van der Waals surface area contributed by atoms with Crippen molar-refractivity contribution in [3.63, 3.8) is 0 Å². The molecule has 0 unspecified atom stereocenters. The highest BCUT2D eigenvalue weighted by Crippen LogP contribution is 2.21. The molecule has 0 saturated carbocycles. The Bertz CT molecular complexity index is 408. The summed E-state index contributed by atoms with van der Waals surface area (Å²) < 4.78 is 13.5. The highest BCUT2D eigenvalue weighted by molar-refractivity contribution is 5.47. The molecule has 4 heteroatoms. The zero-order valence-corrected chi connectivity index (χ0v) is 14.1. The van der Waals surface area contributed by atoms with Crippen LogP contribution >= 0.6 is 0 Å². The minimum Gasteiger partial charge on any atom is -0.356 e. The van der Waals surface area contributed by atoms with E-state index in [2.05, 4.69) is 49.8 Å². The lowest BCUT2D eigenvalue weighted by molar-refractivity contribution is 0.542. The van der Waals surface area contributed by atoms with Crippen molar-refractivity contribution in [2.75, 3.05) is 24.5 Å². The topological polar surface area (TPSA) is 28.2 Å².